The van der Waals surface area contributed by atoms with E-state index in [1.54, 1.807) is 43.5 Å². The zero-order chi connectivity index (χ0) is 19.6. The van der Waals surface area contributed by atoms with Crippen molar-refractivity contribution in [2.24, 2.45) is 0 Å². The van der Waals surface area contributed by atoms with Crippen LogP contribution in [0.4, 0.5) is 0 Å². The third-order valence-electron chi connectivity index (χ3n) is 4.42. The Morgan fingerprint density at radius 3 is 2.33 bits per heavy atom. The highest BCUT2D eigenvalue weighted by Crippen LogP contribution is 2.28. The monoisotopic (exact) mass is 399 g/mol. The van der Waals surface area contributed by atoms with Crippen molar-refractivity contribution in [1.82, 2.24) is 4.57 Å². The van der Waals surface area contributed by atoms with E-state index < -0.39 is 0 Å². The molecule has 0 N–H and O–H groups in total. The first-order valence-electron chi connectivity index (χ1n) is 8.41. The standard InChI is InChI=1S/C22H19Cl2NO2/c1-14-12-17(6-11-22(26)16-4-8-19(27-3)9-5-16)15(2)25(14)18-7-10-20(23)21(24)13-18/h4-13H,1-3H3/b11-6+. The minimum atomic E-state index is -0.0583. The van der Waals surface area contributed by atoms with E-state index in [1.165, 1.54) is 0 Å². The van der Waals surface area contributed by atoms with E-state index in [0.717, 1.165) is 28.4 Å². The quantitative estimate of drug-likeness (QED) is 0.371. The smallest absolute Gasteiger partial charge is 0.185 e. The van der Waals surface area contributed by atoms with Gasteiger partial charge >= 0.3 is 0 Å². The third kappa shape index (κ3) is 4.10. The number of methoxy groups -OCH3 is 1. The Morgan fingerprint density at radius 1 is 1.00 bits per heavy atom. The van der Waals surface area contributed by atoms with E-state index >= 15 is 0 Å². The number of nitrogens with zero attached hydrogens (tertiary/aromatic N) is 1. The second-order valence-electron chi connectivity index (χ2n) is 6.19. The molecule has 27 heavy (non-hydrogen) atoms. The molecule has 2 aromatic carbocycles. The first-order chi connectivity index (χ1) is 12.9. The summed E-state index contributed by atoms with van der Waals surface area (Å²) in [6, 6.07) is 14.6. The molecule has 0 bridgehead atoms. The molecule has 0 saturated heterocycles. The molecular weight excluding hydrogens is 381 g/mol. The van der Waals surface area contributed by atoms with Gasteiger partial charge in [0.05, 0.1) is 17.2 Å². The van der Waals surface area contributed by atoms with Crippen molar-refractivity contribution in [1.29, 1.82) is 0 Å². The number of allylic oxidation sites excluding steroid dienone is 1. The summed E-state index contributed by atoms with van der Waals surface area (Å²) in [5, 5.41) is 1.03. The lowest BCUT2D eigenvalue weighted by molar-refractivity contribution is 0.104. The zero-order valence-electron chi connectivity index (χ0n) is 15.3. The fourth-order valence-corrected chi connectivity index (χ4v) is 3.29. The first-order valence-corrected chi connectivity index (χ1v) is 9.17. The molecule has 3 aromatic rings. The predicted octanol–water partition coefficient (Wildman–Crippen LogP) is 6.31. The van der Waals surface area contributed by atoms with E-state index in [2.05, 4.69) is 4.57 Å². The summed E-state index contributed by atoms with van der Waals surface area (Å²) >= 11 is 12.2. The molecule has 3 nitrogen and oxygen atoms in total. The van der Waals surface area contributed by atoms with Gasteiger partial charge in [-0.2, -0.15) is 0 Å². The number of hydrogen-bond acceptors (Lipinski definition) is 2. The van der Waals surface area contributed by atoms with Gasteiger partial charge in [0.1, 0.15) is 5.75 Å². The molecule has 1 aromatic heterocycles. The largest absolute Gasteiger partial charge is 0.497 e. The number of hydrogen-bond donors (Lipinski definition) is 0. The van der Waals surface area contributed by atoms with Crippen LogP contribution in [0.3, 0.4) is 0 Å². The number of ether oxygens (including phenoxy) is 1. The molecule has 0 spiro atoms. The maximum absolute atomic E-state index is 12.4. The molecule has 138 valence electrons. The lowest BCUT2D eigenvalue weighted by Crippen LogP contribution is -1.99. The Morgan fingerprint density at radius 2 is 1.70 bits per heavy atom. The molecule has 0 fully saturated rings. The number of ketones is 1. The van der Waals surface area contributed by atoms with Gasteiger partial charge in [0.15, 0.2) is 5.78 Å². The van der Waals surface area contributed by atoms with Gasteiger partial charge in [0, 0.05) is 22.6 Å². The number of carbonyl (C=O) groups is 1. The van der Waals surface area contributed by atoms with Crippen molar-refractivity contribution in [2.75, 3.05) is 7.11 Å². The highest BCUT2D eigenvalue weighted by molar-refractivity contribution is 6.42. The summed E-state index contributed by atoms with van der Waals surface area (Å²) < 4.78 is 7.20. The van der Waals surface area contributed by atoms with Gasteiger partial charge in [-0.05, 0) is 80.1 Å². The summed E-state index contributed by atoms with van der Waals surface area (Å²) in [6.45, 7) is 4.02. The van der Waals surface area contributed by atoms with Gasteiger partial charge in [-0.3, -0.25) is 4.79 Å². The van der Waals surface area contributed by atoms with Crippen molar-refractivity contribution in [3.8, 4) is 11.4 Å². The van der Waals surface area contributed by atoms with Gasteiger partial charge in [-0.1, -0.05) is 23.2 Å². The molecule has 0 aliphatic carbocycles. The van der Waals surface area contributed by atoms with Crippen molar-refractivity contribution >= 4 is 35.1 Å². The Labute approximate surface area is 168 Å². The van der Waals surface area contributed by atoms with Crippen LogP contribution in [0.1, 0.15) is 27.3 Å². The van der Waals surface area contributed by atoms with Crippen molar-refractivity contribution in [2.45, 2.75) is 13.8 Å². The normalized spacial score (nSPS) is 11.1. The van der Waals surface area contributed by atoms with Crippen LogP contribution in [0.15, 0.2) is 54.6 Å². The molecular formula is C22H19Cl2NO2. The molecule has 0 amide bonds. The van der Waals surface area contributed by atoms with E-state index in [1.807, 2.05) is 38.1 Å². The molecule has 1 heterocycles. The van der Waals surface area contributed by atoms with Crippen molar-refractivity contribution in [3.05, 3.63) is 87.2 Å². The number of benzene rings is 2. The van der Waals surface area contributed by atoms with Crippen LogP contribution in [-0.4, -0.2) is 17.5 Å². The maximum Gasteiger partial charge on any atom is 0.185 e. The van der Waals surface area contributed by atoms with Gasteiger partial charge in [0.25, 0.3) is 0 Å². The van der Waals surface area contributed by atoms with E-state index in [0.29, 0.717) is 15.6 Å². The Bertz CT molecular complexity index is 1020. The van der Waals surface area contributed by atoms with Crippen LogP contribution >= 0.6 is 23.2 Å². The topological polar surface area (TPSA) is 31.2 Å². The number of carbonyl (C=O) groups excluding carboxylic acids is 1. The molecule has 3 rings (SSSR count). The van der Waals surface area contributed by atoms with Gasteiger partial charge in [0.2, 0.25) is 0 Å². The summed E-state index contributed by atoms with van der Waals surface area (Å²) in [7, 11) is 1.60. The lowest BCUT2D eigenvalue weighted by atomic mass is 10.1. The number of halogens is 2. The fraction of sp³-hybridized carbons (Fsp3) is 0.136. The van der Waals surface area contributed by atoms with Crippen molar-refractivity contribution in [3.63, 3.8) is 0 Å². The van der Waals surface area contributed by atoms with E-state index in [-0.39, 0.29) is 5.78 Å². The summed E-state index contributed by atoms with van der Waals surface area (Å²) in [6.07, 6.45) is 3.42. The molecule has 0 unspecified atom stereocenters. The number of rotatable bonds is 5. The zero-order valence-corrected chi connectivity index (χ0v) is 16.8. The minimum Gasteiger partial charge on any atom is -0.497 e. The lowest BCUT2D eigenvalue weighted by Gasteiger charge is -2.10. The van der Waals surface area contributed by atoms with Crippen LogP contribution in [0.5, 0.6) is 5.75 Å². The number of aromatic nitrogens is 1. The molecule has 0 atom stereocenters. The Hall–Kier alpha value is -2.49. The number of aryl methyl sites for hydroxylation is 1. The second kappa shape index (κ2) is 8.03. The van der Waals surface area contributed by atoms with Crippen LogP contribution in [-0.2, 0) is 0 Å². The van der Waals surface area contributed by atoms with Crippen LogP contribution in [0.25, 0.3) is 11.8 Å². The van der Waals surface area contributed by atoms with Crippen LogP contribution < -0.4 is 4.74 Å². The molecule has 0 saturated carbocycles. The Balaban J connectivity index is 1.88. The van der Waals surface area contributed by atoms with E-state index in [4.69, 9.17) is 27.9 Å². The molecule has 0 aliphatic rings. The van der Waals surface area contributed by atoms with E-state index in [9.17, 15) is 4.79 Å². The minimum absolute atomic E-state index is 0.0583. The average Bonchev–Trinajstić information content (AvgIpc) is 2.95. The van der Waals surface area contributed by atoms with Gasteiger partial charge in [-0.25, -0.2) is 0 Å². The summed E-state index contributed by atoms with van der Waals surface area (Å²) in [5.41, 5.74) is 4.58. The van der Waals surface area contributed by atoms with Crippen molar-refractivity contribution < 1.29 is 9.53 Å². The maximum atomic E-state index is 12.4. The SMILES string of the molecule is COc1ccc(C(=O)/C=C/c2cc(C)n(-c3ccc(Cl)c(Cl)c3)c2C)cc1. The highest BCUT2D eigenvalue weighted by Gasteiger charge is 2.11. The fourth-order valence-electron chi connectivity index (χ4n) is 2.99. The molecule has 0 radical (unpaired) electrons. The molecule has 5 heteroatoms. The predicted molar refractivity (Wildman–Crippen MR) is 112 cm³/mol. The summed E-state index contributed by atoms with van der Waals surface area (Å²) in [4.78, 5) is 12.4. The highest BCUT2D eigenvalue weighted by atomic mass is 35.5. The Kier molecular flexibility index (Phi) is 5.73. The summed E-state index contributed by atoms with van der Waals surface area (Å²) in [5.74, 6) is 0.665. The average molecular weight is 400 g/mol. The molecule has 0 aliphatic heterocycles. The second-order valence-corrected chi connectivity index (χ2v) is 7.00. The van der Waals surface area contributed by atoms with Crippen LogP contribution in [0.2, 0.25) is 10.0 Å². The third-order valence-corrected chi connectivity index (χ3v) is 5.16. The van der Waals surface area contributed by atoms with Crippen LogP contribution in [0, 0.1) is 13.8 Å². The van der Waals surface area contributed by atoms with Gasteiger partial charge < -0.3 is 9.30 Å². The van der Waals surface area contributed by atoms with Gasteiger partial charge in [-0.15, -0.1) is 0 Å². The first kappa shape index (κ1) is 19.3.